The van der Waals surface area contributed by atoms with Gasteiger partial charge in [0.25, 0.3) is 0 Å². The number of rotatable bonds is 6. The zero-order chi connectivity index (χ0) is 23.1. The number of hydrogen-bond acceptors (Lipinski definition) is 6. The molecule has 7 nitrogen and oxygen atoms in total. The summed E-state index contributed by atoms with van der Waals surface area (Å²) in [5.74, 6) is 2.78. The lowest BCUT2D eigenvalue weighted by molar-refractivity contribution is 0.0844. The highest BCUT2D eigenvalue weighted by Crippen LogP contribution is 2.35. The number of aromatic nitrogens is 3. The smallest absolute Gasteiger partial charge is 0.178 e. The fourth-order valence-corrected chi connectivity index (χ4v) is 5.91. The van der Waals surface area contributed by atoms with Crippen LogP contribution in [0.3, 0.4) is 0 Å². The van der Waals surface area contributed by atoms with Gasteiger partial charge in [0.2, 0.25) is 0 Å². The predicted octanol–water partition coefficient (Wildman–Crippen LogP) is 4.45. The summed E-state index contributed by atoms with van der Waals surface area (Å²) in [6.07, 6.45) is 10.0. The summed E-state index contributed by atoms with van der Waals surface area (Å²) in [7, 11) is 3.29. The van der Waals surface area contributed by atoms with Crippen molar-refractivity contribution in [1.29, 1.82) is 0 Å². The van der Waals surface area contributed by atoms with E-state index in [0.29, 0.717) is 17.4 Å². The molecule has 2 saturated heterocycles. The van der Waals surface area contributed by atoms with E-state index in [2.05, 4.69) is 20.9 Å². The highest BCUT2D eigenvalue weighted by molar-refractivity contribution is 5.77. The predicted molar refractivity (Wildman–Crippen MR) is 134 cm³/mol. The zero-order valence-electron chi connectivity index (χ0n) is 20.3. The summed E-state index contributed by atoms with van der Waals surface area (Å²) < 4.78 is 10.8. The summed E-state index contributed by atoms with van der Waals surface area (Å²) in [6, 6.07) is 9.81. The van der Waals surface area contributed by atoms with Crippen LogP contribution in [0.1, 0.15) is 50.0 Å². The Morgan fingerprint density at radius 1 is 0.824 bits per heavy atom. The van der Waals surface area contributed by atoms with E-state index in [4.69, 9.17) is 19.4 Å². The fraction of sp³-hybridized carbons (Fsp3) is 0.556. The first-order valence-electron chi connectivity index (χ1n) is 12.8. The van der Waals surface area contributed by atoms with Crippen molar-refractivity contribution in [2.75, 3.05) is 40.4 Å². The molecule has 1 aliphatic carbocycles. The van der Waals surface area contributed by atoms with Crippen molar-refractivity contribution in [3.05, 3.63) is 36.0 Å². The van der Waals surface area contributed by atoms with Crippen molar-refractivity contribution < 1.29 is 9.47 Å². The van der Waals surface area contributed by atoms with Crippen molar-refractivity contribution in [3.63, 3.8) is 0 Å². The number of fused-ring (bicyclic) bond motifs is 1. The lowest BCUT2D eigenvalue weighted by atomic mass is 9.88. The van der Waals surface area contributed by atoms with Gasteiger partial charge < -0.3 is 24.3 Å². The van der Waals surface area contributed by atoms with Crippen LogP contribution in [0.4, 0.5) is 0 Å². The summed E-state index contributed by atoms with van der Waals surface area (Å²) in [6.45, 7) is 5.02. The van der Waals surface area contributed by atoms with Crippen LogP contribution in [-0.2, 0) is 0 Å². The second-order valence-corrected chi connectivity index (χ2v) is 10.1. The maximum atomic E-state index is 5.45. The molecule has 2 aliphatic heterocycles. The van der Waals surface area contributed by atoms with Gasteiger partial charge in [0.15, 0.2) is 17.1 Å². The highest BCUT2D eigenvalue weighted by Gasteiger charge is 2.34. The molecule has 1 N–H and O–H groups in total. The van der Waals surface area contributed by atoms with E-state index in [9.17, 15) is 0 Å². The molecule has 0 amide bonds. The molecule has 34 heavy (non-hydrogen) atoms. The molecule has 7 heteroatoms. The monoisotopic (exact) mass is 461 g/mol. The minimum absolute atomic E-state index is 0.576. The van der Waals surface area contributed by atoms with Gasteiger partial charge >= 0.3 is 0 Å². The number of piperidine rings is 2. The van der Waals surface area contributed by atoms with E-state index in [0.717, 1.165) is 34.6 Å². The molecular weight excluding hydrogens is 426 g/mol. The van der Waals surface area contributed by atoms with Gasteiger partial charge in [-0.15, -0.1) is 0 Å². The van der Waals surface area contributed by atoms with Crippen LogP contribution in [0, 0.1) is 0 Å². The number of nitrogens with one attached hydrogen (secondary N) is 1. The average Bonchev–Trinajstić information content (AvgIpc) is 3.66. The Kier molecular flexibility index (Phi) is 5.91. The Morgan fingerprint density at radius 2 is 1.50 bits per heavy atom. The molecule has 0 unspecified atom stereocenters. The first kappa shape index (κ1) is 21.9. The summed E-state index contributed by atoms with van der Waals surface area (Å²) >= 11 is 0. The van der Waals surface area contributed by atoms with Crippen molar-refractivity contribution in [2.45, 2.75) is 56.5 Å². The molecule has 0 bridgehead atoms. The van der Waals surface area contributed by atoms with Gasteiger partial charge in [0.1, 0.15) is 5.82 Å². The Morgan fingerprint density at radius 3 is 2.18 bits per heavy atom. The van der Waals surface area contributed by atoms with Gasteiger partial charge in [-0.3, -0.25) is 0 Å². The molecule has 0 radical (unpaired) electrons. The fourth-order valence-electron chi connectivity index (χ4n) is 5.91. The molecule has 3 fully saturated rings. The van der Waals surface area contributed by atoms with Crippen LogP contribution >= 0.6 is 0 Å². The number of nitrogens with zero attached hydrogens (tertiary/aromatic N) is 4. The largest absolute Gasteiger partial charge is 0.493 e. The Bertz CT molecular complexity index is 1140. The summed E-state index contributed by atoms with van der Waals surface area (Å²) in [5, 5.41) is 0. The Hall–Kier alpha value is -2.64. The molecule has 6 rings (SSSR count). The summed E-state index contributed by atoms with van der Waals surface area (Å²) in [4.78, 5) is 18.4. The molecule has 1 aromatic carbocycles. The standard InChI is InChI=1S/C27H35N5O2/c1-33-24-6-3-19(16-25(24)34-2)26-29-23-15-20(17-28-27(23)30-26)18-7-11-31(12-8-18)22-9-13-32(14-10-22)21-4-5-21/h3,6,15-18,21-22H,4-5,7-14H2,1-2H3,(H,28,29,30). The second kappa shape index (κ2) is 9.19. The minimum Gasteiger partial charge on any atom is -0.493 e. The highest BCUT2D eigenvalue weighted by atomic mass is 16.5. The summed E-state index contributed by atoms with van der Waals surface area (Å²) in [5.41, 5.74) is 4.04. The van der Waals surface area contributed by atoms with Gasteiger partial charge in [-0.25, -0.2) is 9.97 Å². The topological polar surface area (TPSA) is 66.5 Å². The van der Waals surface area contributed by atoms with Crippen molar-refractivity contribution >= 4 is 11.2 Å². The second-order valence-electron chi connectivity index (χ2n) is 10.1. The minimum atomic E-state index is 0.576. The molecule has 0 spiro atoms. The van der Waals surface area contributed by atoms with Crippen LogP contribution in [0.2, 0.25) is 0 Å². The number of pyridine rings is 1. The Labute approximate surface area is 201 Å². The van der Waals surface area contributed by atoms with Crippen LogP contribution in [0.25, 0.3) is 22.6 Å². The average molecular weight is 462 g/mol. The molecular formula is C27H35N5O2. The normalized spacial score (nSPS) is 21.2. The number of likely N-dealkylation sites (tertiary alicyclic amines) is 2. The number of aromatic amines is 1. The van der Waals surface area contributed by atoms with Crippen LogP contribution in [-0.4, -0.2) is 77.2 Å². The van der Waals surface area contributed by atoms with E-state index < -0.39 is 0 Å². The van der Waals surface area contributed by atoms with Gasteiger partial charge in [0, 0.05) is 23.8 Å². The molecule has 3 aromatic rings. The van der Waals surface area contributed by atoms with Gasteiger partial charge in [-0.05, 0) is 100 Å². The number of hydrogen-bond donors (Lipinski definition) is 1. The third-order valence-electron chi connectivity index (χ3n) is 8.10. The molecule has 0 atom stereocenters. The lowest BCUT2D eigenvalue weighted by Crippen LogP contribution is -2.47. The van der Waals surface area contributed by atoms with Crippen molar-refractivity contribution in [3.8, 4) is 22.9 Å². The maximum absolute atomic E-state index is 5.45. The van der Waals surface area contributed by atoms with E-state index in [1.165, 1.54) is 70.3 Å². The van der Waals surface area contributed by atoms with E-state index in [-0.39, 0.29) is 0 Å². The molecule has 1 saturated carbocycles. The van der Waals surface area contributed by atoms with Gasteiger partial charge in [-0.2, -0.15) is 0 Å². The molecule has 4 heterocycles. The lowest BCUT2D eigenvalue weighted by Gasteiger charge is -2.42. The van der Waals surface area contributed by atoms with Crippen LogP contribution in [0.15, 0.2) is 30.5 Å². The van der Waals surface area contributed by atoms with Crippen molar-refractivity contribution in [1.82, 2.24) is 24.8 Å². The van der Waals surface area contributed by atoms with Crippen molar-refractivity contribution in [2.24, 2.45) is 0 Å². The third-order valence-corrected chi connectivity index (χ3v) is 8.10. The quantitative estimate of drug-likeness (QED) is 0.585. The maximum Gasteiger partial charge on any atom is 0.178 e. The van der Waals surface area contributed by atoms with Crippen LogP contribution < -0.4 is 9.47 Å². The Balaban J connectivity index is 1.12. The van der Waals surface area contributed by atoms with Gasteiger partial charge in [-0.1, -0.05) is 0 Å². The molecule has 180 valence electrons. The number of H-pyrrole nitrogens is 1. The first-order valence-corrected chi connectivity index (χ1v) is 12.8. The number of methoxy groups -OCH3 is 2. The van der Waals surface area contributed by atoms with E-state index >= 15 is 0 Å². The molecule has 3 aliphatic rings. The molecule has 2 aromatic heterocycles. The zero-order valence-corrected chi connectivity index (χ0v) is 20.3. The van der Waals surface area contributed by atoms with Crippen LogP contribution in [0.5, 0.6) is 11.5 Å². The van der Waals surface area contributed by atoms with E-state index in [1.807, 2.05) is 24.4 Å². The number of benzene rings is 1. The SMILES string of the molecule is COc1ccc(-c2nc3ncc(C4CCN(C5CCN(C6CC6)CC5)CC4)cc3[nH]2)cc1OC. The number of ether oxygens (including phenoxy) is 2. The number of imidazole rings is 1. The third kappa shape index (κ3) is 4.27. The van der Waals surface area contributed by atoms with Gasteiger partial charge in [0.05, 0.1) is 19.7 Å². The van der Waals surface area contributed by atoms with E-state index in [1.54, 1.807) is 14.2 Å². The first-order chi connectivity index (χ1) is 16.7.